The van der Waals surface area contributed by atoms with E-state index in [-0.39, 0.29) is 12.0 Å². The number of nitrogens with one attached hydrogen (secondary N) is 2. The summed E-state index contributed by atoms with van der Waals surface area (Å²) >= 11 is 0. The molecule has 0 spiro atoms. The van der Waals surface area contributed by atoms with E-state index in [0.29, 0.717) is 12.5 Å². The summed E-state index contributed by atoms with van der Waals surface area (Å²) in [5.74, 6) is 0.193. The first kappa shape index (κ1) is 13.8. The van der Waals surface area contributed by atoms with Gasteiger partial charge in [-0.2, -0.15) is 0 Å². The summed E-state index contributed by atoms with van der Waals surface area (Å²) < 4.78 is 0. The van der Waals surface area contributed by atoms with Crippen LogP contribution >= 0.6 is 0 Å². The number of primary amides is 1. The zero-order chi connectivity index (χ0) is 12.8. The highest BCUT2D eigenvalue weighted by molar-refractivity contribution is 5.86. The second kappa shape index (κ2) is 6.44. The molecule has 1 aliphatic carbocycles. The molecule has 1 fully saturated rings. The van der Waals surface area contributed by atoms with Crippen LogP contribution in [-0.4, -0.2) is 35.7 Å². The van der Waals surface area contributed by atoms with Crippen LogP contribution in [0.2, 0.25) is 0 Å². The van der Waals surface area contributed by atoms with Crippen molar-refractivity contribution in [2.24, 2.45) is 11.7 Å². The smallest absolute Gasteiger partial charge is 0.312 e. The van der Waals surface area contributed by atoms with Crippen molar-refractivity contribution in [2.75, 3.05) is 6.54 Å². The molecule has 1 atom stereocenters. The fourth-order valence-corrected chi connectivity index (χ4v) is 2.03. The number of amides is 3. The fraction of sp³-hybridized carbons (Fsp3) is 0.818. The van der Waals surface area contributed by atoms with Crippen molar-refractivity contribution in [3.8, 4) is 0 Å². The number of carbonyl (C=O) groups excluding carboxylic acids is 2. The first-order valence-corrected chi connectivity index (χ1v) is 6.00. The van der Waals surface area contributed by atoms with Crippen molar-refractivity contribution in [2.45, 2.75) is 44.8 Å². The standard InChI is InChI=1S/C11H21N3O3/c1-7(14-11(12)17)10(16)13-6-8-2-4-9(15)5-3-8/h7-9,15H,2-6H2,1H3,(H,13,16)(H3,12,14,17). The molecule has 17 heavy (non-hydrogen) atoms. The normalized spacial score (nSPS) is 26.0. The first-order chi connectivity index (χ1) is 7.99. The molecule has 0 radical (unpaired) electrons. The van der Waals surface area contributed by atoms with E-state index < -0.39 is 12.1 Å². The summed E-state index contributed by atoms with van der Waals surface area (Å²) in [6.07, 6.45) is 3.28. The first-order valence-electron chi connectivity index (χ1n) is 6.00. The van der Waals surface area contributed by atoms with Crippen LogP contribution in [-0.2, 0) is 4.79 Å². The van der Waals surface area contributed by atoms with Gasteiger partial charge in [-0.1, -0.05) is 0 Å². The number of hydrogen-bond donors (Lipinski definition) is 4. The van der Waals surface area contributed by atoms with Gasteiger partial charge < -0.3 is 21.5 Å². The van der Waals surface area contributed by atoms with Crippen molar-refractivity contribution in [3.63, 3.8) is 0 Å². The minimum absolute atomic E-state index is 0.183. The maximum atomic E-state index is 11.6. The molecule has 0 bridgehead atoms. The second-order valence-corrected chi connectivity index (χ2v) is 4.65. The van der Waals surface area contributed by atoms with Crippen LogP contribution in [0.3, 0.4) is 0 Å². The lowest BCUT2D eigenvalue weighted by molar-refractivity contribution is -0.122. The Bertz CT molecular complexity index is 275. The van der Waals surface area contributed by atoms with Gasteiger partial charge in [-0.15, -0.1) is 0 Å². The molecule has 1 aliphatic rings. The summed E-state index contributed by atoms with van der Waals surface area (Å²) in [4.78, 5) is 22.1. The van der Waals surface area contributed by atoms with Crippen LogP contribution in [0, 0.1) is 5.92 Å². The molecule has 1 saturated carbocycles. The van der Waals surface area contributed by atoms with E-state index in [0.717, 1.165) is 25.7 Å². The average molecular weight is 243 g/mol. The predicted molar refractivity (Wildman–Crippen MR) is 63.2 cm³/mol. The van der Waals surface area contributed by atoms with Gasteiger partial charge in [0, 0.05) is 6.54 Å². The van der Waals surface area contributed by atoms with Crippen LogP contribution in [0.25, 0.3) is 0 Å². The second-order valence-electron chi connectivity index (χ2n) is 4.65. The molecule has 0 aromatic heterocycles. The van der Waals surface area contributed by atoms with Crippen molar-refractivity contribution in [1.29, 1.82) is 0 Å². The molecule has 5 N–H and O–H groups in total. The van der Waals surface area contributed by atoms with Gasteiger partial charge in [0.1, 0.15) is 6.04 Å². The Labute approximate surface area is 101 Å². The van der Waals surface area contributed by atoms with E-state index in [1.807, 2.05) is 0 Å². The van der Waals surface area contributed by atoms with Crippen molar-refractivity contribution in [3.05, 3.63) is 0 Å². The summed E-state index contributed by atoms with van der Waals surface area (Å²) in [5.41, 5.74) is 4.93. The lowest BCUT2D eigenvalue weighted by Crippen LogP contribution is -2.47. The number of aliphatic hydroxyl groups is 1. The van der Waals surface area contributed by atoms with Crippen LogP contribution in [0.5, 0.6) is 0 Å². The Hall–Kier alpha value is -1.30. The number of hydrogen-bond acceptors (Lipinski definition) is 3. The predicted octanol–water partition coefficient (Wildman–Crippen LogP) is -0.289. The van der Waals surface area contributed by atoms with E-state index in [9.17, 15) is 14.7 Å². The summed E-state index contributed by atoms with van der Waals surface area (Å²) in [7, 11) is 0. The van der Waals surface area contributed by atoms with E-state index in [1.54, 1.807) is 6.92 Å². The Morgan fingerprint density at radius 3 is 2.47 bits per heavy atom. The Morgan fingerprint density at radius 2 is 1.94 bits per heavy atom. The minimum atomic E-state index is -0.701. The summed E-state index contributed by atoms with van der Waals surface area (Å²) in [6, 6.07) is -1.31. The summed E-state index contributed by atoms with van der Waals surface area (Å²) in [6.45, 7) is 2.18. The molecule has 1 unspecified atom stereocenters. The third-order valence-electron chi connectivity index (χ3n) is 3.13. The number of rotatable bonds is 4. The molecule has 0 heterocycles. The fourth-order valence-electron chi connectivity index (χ4n) is 2.03. The maximum absolute atomic E-state index is 11.6. The Kier molecular flexibility index (Phi) is 5.21. The lowest BCUT2D eigenvalue weighted by atomic mass is 9.87. The molecule has 0 aromatic carbocycles. The molecule has 98 valence electrons. The average Bonchev–Trinajstić information content (AvgIpc) is 2.27. The van der Waals surface area contributed by atoms with Crippen molar-refractivity contribution in [1.82, 2.24) is 10.6 Å². The van der Waals surface area contributed by atoms with Crippen molar-refractivity contribution < 1.29 is 14.7 Å². The third kappa shape index (κ3) is 5.04. The van der Waals surface area contributed by atoms with Gasteiger partial charge in [-0.3, -0.25) is 4.79 Å². The molecule has 6 heteroatoms. The largest absolute Gasteiger partial charge is 0.393 e. The molecular weight excluding hydrogens is 222 g/mol. The van der Waals surface area contributed by atoms with Gasteiger partial charge in [-0.05, 0) is 38.5 Å². The van der Waals surface area contributed by atoms with Crippen LogP contribution in [0.15, 0.2) is 0 Å². The van der Waals surface area contributed by atoms with Gasteiger partial charge in [0.25, 0.3) is 0 Å². The van der Waals surface area contributed by atoms with Gasteiger partial charge in [-0.25, -0.2) is 4.79 Å². The van der Waals surface area contributed by atoms with Crippen LogP contribution < -0.4 is 16.4 Å². The lowest BCUT2D eigenvalue weighted by Gasteiger charge is -2.26. The highest BCUT2D eigenvalue weighted by Gasteiger charge is 2.21. The highest BCUT2D eigenvalue weighted by atomic mass is 16.3. The Morgan fingerprint density at radius 1 is 1.35 bits per heavy atom. The van der Waals surface area contributed by atoms with E-state index in [4.69, 9.17) is 5.73 Å². The summed E-state index contributed by atoms with van der Waals surface area (Å²) in [5, 5.41) is 14.4. The zero-order valence-corrected chi connectivity index (χ0v) is 10.1. The molecule has 6 nitrogen and oxygen atoms in total. The van der Waals surface area contributed by atoms with Gasteiger partial charge in [0.15, 0.2) is 0 Å². The van der Waals surface area contributed by atoms with E-state index >= 15 is 0 Å². The number of aliphatic hydroxyl groups excluding tert-OH is 1. The molecular formula is C11H21N3O3. The van der Waals surface area contributed by atoms with E-state index in [1.165, 1.54) is 0 Å². The molecule has 1 rings (SSSR count). The van der Waals surface area contributed by atoms with Crippen molar-refractivity contribution >= 4 is 11.9 Å². The van der Waals surface area contributed by atoms with Gasteiger partial charge in [0.2, 0.25) is 5.91 Å². The topological polar surface area (TPSA) is 104 Å². The third-order valence-corrected chi connectivity index (χ3v) is 3.13. The maximum Gasteiger partial charge on any atom is 0.312 e. The molecule has 0 aromatic rings. The number of carbonyl (C=O) groups is 2. The number of urea groups is 1. The minimum Gasteiger partial charge on any atom is -0.393 e. The van der Waals surface area contributed by atoms with Crippen LogP contribution in [0.1, 0.15) is 32.6 Å². The quantitative estimate of drug-likeness (QED) is 0.545. The van der Waals surface area contributed by atoms with Crippen LogP contribution in [0.4, 0.5) is 4.79 Å². The highest BCUT2D eigenvalue weighted by Crippen LogP contribution is 2.23. The SMILES string of the molecule is CC(NC(N)=O)C(=O)NCC1CCC(O)CC1. The Balaban J connectivity index is 2.21. The van der Waals surface area contributed by atoms with E-state index in [2.05, 4.69) is 10.6 Å². The van der Waals surface area contributed by atoms with Gasteiger partial charge >= 0.3 is 6.03 Å². The molecule has 3 amide bonds. The monoisotopic (exact) mass is 243 g/mol. The molecule has 0 aliphatic heterocycles. The zero-order valence-electron chi connectivity index (χ0n) is 10.1. The molecule has 0 saturated heterocycles. The number of nitrogens with two attached hydrogens (primary N) is 1. The van der Waals surface area contributed by atoms with Gasteiger partial charge in [0.05, 0.1) is 6.10 Å².